The summed E-state index contributed by atoms with van der Waals surface area (Å²) < 4.78 is 0.810. The zero-order chi connectivity index (χ0) is 11.1. The Morgan fingerprint density at radius 2 is 2.40 bits per heavy atom. The number of rotatable bonds is 0. The van der Waals surface area contributed by atoms with Crippen molar-refractivity contribution in [3.05, 3.63) is 16.7 Å². The molecule has 1 atom stereocenters. The maximum absolute atomic E-state index is 11.5. The third-order valence-electron chi connectivity index (χ3n) is 2.20. The summed E-state index contributed by atoms with van der Waals surface area (Å²) in [6, 6.07) is 1.80. The third kappa shape index (κ3) is 1.95. The first-order valence-corrected chi connectivity index (χ1v) is 5.21. The van der Waals surface area contributed by atoms with E-state index in [9.17, 15) is 9.90 Å². The number of carbonyl (C=O) groups excluding carboxylic acids is 1. The van der Waals surface area contributed by atoms with Crippen molar-refractivity contribution in [2.45, 2.75) is 12.5 Å². The summed E-state index contributed by atoms with van der Waals surface area (Å²) in [5, 5.41) is 15.3. The molecule has 6 heteroatoms. The lowest BCUT2D eigenvalue weighted by atomic mass is 10.1. The van der Waals surface area contributed by atoms with Gasteiger partial charge in [-0.2, -0.15) is 0 Å². The minimum atomic E-state index is -1.42. The van der Waals surface area contributed by atoms with Crippen LogP contribution in [-0.2, 0) is 4.79 Å². The molecule has 0 radical (unpaired) electrons. The number of halogens is 1. The Labute approximate surface area is 95.0 Å². The average Bonchev–Trinajstić information content (AvgIpc) is 2.27. The number of anilines is 2. The fourth-order valence-corrected chi connectivity index (χ4v) is 1.59. The predicted molar refractivity (Wildman–Crippen MR) is 59.7 cm³/mol. The number of aromatic nitrogens is 1. The molecule has 1 aromatic rings. The van der Waals surface area contributed by atoms with Gasteiger partial charge in [0.15, 0.2) is 11.4 Å². The Hall–Kier alpha value is -1.14. The molecule has 80 valence electrons. The summed E-state index contributed by atoms with van der Waals surface area (Å²) in [4.78, 5) is 15.6. The lowest BCUT2D eigenvalue weighted by Gasteiger charge is -2.18. The number of pyridine rings is 1. The van der Waals surface area contributed by atoms with Gasteiger partial charge in [-0.05, 0) is 28.9 Å². The summed E-state index contributed by atoms with van der Waals surface area (Å²) in [6.45, 7) is 1.61. The lowest BCUT2D eigenvalue weighted by Crippen LogP contribution is -2.43. The first-order valence-electron chi connectivity index (χ1n) is 4.42. The summed E-state index contributed by atoms with van der Waals surface area (Å²) in [7, 11) is 0. The molecule has 0 saturated carbocycles. The van der Waals surface area contributed by atoms with Crippen LogP contribution in [0.2, 0.25) is 0 Å². The maximum Gasteiger partial charge on any atom is 0.259 e. The van der Waals surface area contributed by atoms with Crippen LogP contribution < -0.4 is 10.6 Å². The molecule has 1 aromatic heterocycles. The van der Waals surface area contributed by atoms with E-state index in [1.807, 2.05) is 0 Å². The maximum atomic E-state index is 11.5. The van der Waals surface area contributed by atoms with Crippen molar-refractivity contribution in [3.8, 4) is 0 Å². The highest BCUT2D eigenvalue weighted by Gasteiger charge is 2.33. The zero-order valence-electron chi connectivity index (χ0n) is 8.04. The van der Waals surface area contributed by atoms with Crippen molar-refractivity contribution in [2.75, 3.05) is 17.2 Å². The van der Waals surface area contributed by atoms with Gasteiger partial charge in [0.2, 0.25) is 0 Å². The van der Waals surface area contributed by atoms with Crippen LogP contribution >= 0.6 is 15.9 Å². The van der Waals surface area contributed by atoms with E-state index in [4.69, 9.17) is 0 Å². The molecule has 3 N–H and O–H groups in total. The molecule has 5 nitrogen and oxygen atoms in total. The molecule has 1 aliphatic heterocycles. The molecule has 1 amide bonds. The van der Waals surface area contributed by atoms with Gasteiger partial charge >= 0.3 is 0 Å². The van der Waals surface area contributed by atoms with Gasteiger partial charge in [-0.15, -0.1) is 0 Å². The Morgan fingerprint density at radius 1 is 1.67 bits per heavy atom. The van der Waals surface area contributed by atoms with E-state index in [0.29, 0.717) is 11.5 Å². The minimum Gasteiger partial charge on any atom is -0.379 e. The van der Waals surface area contributed by atoms with E-state index in [0.717, 1.165) is 4.47 Å². The molecule has 0 saturated heterocycles. The van der Waals surface area contributed by atoms with Crippen LogP contribution in [0.4, 0.5) is 11.5 Å². The number of β-amino-alcohol motifs (C(OH)–C–C–N with tert-alkyl or cyclic N) is 1. The third-order valence-corrected chi connectivity index (χ3v) is 2.63. The van der Waals surface area contributed by atoms with Crippen LogP contribution in [0.25, 0.3) is 0 Å². The Morgan fingerprint density at radius 3 is 3.13 bits per heavy atom. The topological polar surface area (TPSA) is 74.2 Å². The molecule has 1 aliphatic rings. The van der Waals surface area contributed by atoms with Gasteiger partial charge in [-0.3, -0.25) is 4.79 Å². The smallest absolute Gasteiger partial charge is 0.259 e. The lowest BCUT2D eigenvalue weighted by molar-refractivity contribution is -0.131. The predicted octanol–water partition coefficient (Wildman–Crippen LogP) is 0.959. The molecule has 0 spiro atoms. The molecule has 0 aromatic carbocycles. The fraction of sp³-hybridized carbons (Fsp3) is 0.333. The first-order chi connectivity index (χ1) is 6.99. The summed E-state index contributed by atoms with van der Waals surface area (Å²) >= 11 is 3.28. The van der Waals surface area contributed by atoms with Crippen LogP contribution in [0, 0.1) is 0 Å². The highest BCUT2D eigenvalue weighted by atomic mass is 79.9. The highest BCUT2D eigenvalue weighted by molar-refractivity contribution is 9.10. The van der Waals surface area contributed by atoms with Crippen molar-refractivity contribution in [3.63, 3.8) is 0 Å². The summed E-state index contributed by atoms with van der Waals surface area (Å²) in [6.07, 6.45) is 1.58. The molecular formula is C9H10BrN3O2. The number of carbonyl (C=O) groups is 1. The van der Waals surface area contributed by atoms with Gasteiger partial charge in [0.1, 0.15) is 0 Å². The average molecular weight is 272 g/mol. The van der Waals surface area contributed by atoms with Crippen molar-refractivity contribution >= 4 is 33.3 Å². The molecular weight excluding hydrogens is 262 g/mol. The van der Waals surface area contributed by atoms with Crippen molar-refractivity contribution in [1.29, 1.82) is 0 Å². The highest BCUT2D eigenvalue weighted by Crippen LogP contribution is 2.26. The molecule has 15 heavy (non-hydrogen) atoms. The second kappa shape index (κ2) is 3.46. The van der Waals surface area contributed by atoms with Gasteiger partial charge in [-0.1, -0.05) is 0 Å². The standard InChI is InChI=1S/C9H10BrN3O2/c1-9(15)4-12-6-2-5(10)3-11-7(6)13-8(9)14/h2-3,12,15H,4H2,1H3,(H,11,13,14). The normalized spacial score (nSPS) is 24.9. The Balaban J connectivity index is 2.40. The van der Waals surface area contributed by atoms with Crippen LogP contribution in [0.5, 0.6) is 0 Å². The van der Waals surface area contributed by atoms with E-state index < -0.39 is 11.5 Å². The van der Waals surface area contributed by atoms with Crippen LogP contribution in [0.15, 0.2) is 16.7 Å². The number of hydrogen-bond donors (Lipinski definition) is 3. The zero-order valence-corrected chi connectivity index (χ0v) is 9.63. The Kier molecular flexibility index (Phi) is 2.40. The van der Waals surface area contributed by atoms with Crippen molar-refractivity contribution in [2.24, 2.45) is 0 Å². The van der Waals surface area contributed by atoms with Gasteiger partial charge in [0.25, 0.3) is 5.91 Å². The van der Waals surface area contributed by atoms with Gasteiger partial charge in [0, 0.05) is 10.7 Å². The van der Waals surface area contributed by atoms with E-state index in [-0.39, 0.29) is 6.54 Å². The number of hydrogen-bond acceptors (Lipinski definition) is 4. The Bertz CT molecular complexity index is 420. The minimum absolute atomic E-state index is 0.157. The van der Waals surface area contributed by atoms with Crippen LogP contribution in [0.3, 0.4) is 0 Å². The number of nitrogens with zero attached hydrogens (tertiary/aromatic N) is 1. The number of aliphatic hydroxyl groups is 1. The van der Waals surface area contributed by atoms with Gasteiger partial charge < -0.3 is 15.7 Å². The van der Waals surface area contributed by atoms with E-state index in [1.54, 1.807) is 12.3 Å². The molecule has 0 aliphatic carbocycles. The monoisotopic (exact) mass is 271 g/mol. The fourth-order valence-electron chi connectivity index (χ4n) is 1.26. The number of fused-ring (bicyclic) bond motifs is 1. The SMILES string of the molecule is CC1(O)CNc2cc(Br)cnc2NC1=O. The van der Waals surface area contributed by atoms with Gasteiger partial charge in [-0.25, -0.2) is 4.98 Å². The first kappa shape index (κ1) is 10.4. The molecule has 0 fully saturated rings. The van der Waals surface area contributed by atoms with Crippen molar-refractivity contribution in [1.82, 2.24) is 4.98 Å². The summed E-state index contributed by atoms with van der Waals surface area (Å²) in [5.41, 5.74) is -0.733. The number of nitrogens with one attached hydrogen (secondary N) is 2. The van der Waals surface area contributed by atoms with E-state index in [2.05, 4.69) is 31.5 Å². The largest absolute Gasteiger partial charge is 0.379 e. The van der Waals surface area contributed by atoms with Crippen LogP contribution in [-0.4, -0.2) is 28.1 Å². The van der Waals surface area contributed by atoms with Gasteiger partial charge in [0.05, 0.1) is 12.2 Å². The number of amides is 1. The molecule has 1 unspecified atom stereocenters. The van der Waals surface area contributed by atoms with E-state index in [1.165, 1.54) is 6.92 Å². The van der Waals surface area contributed by atoms with Crippen molar-refractivity contribution < 1.29 is 9.90 Å². The molecule has 2 rings (SSSR count). The second-order valence-electron chi connectivity index (χ2n) is 3.63. The quantitative estimate of drug-likeness (QED) is 0.657. The van der Waals surface area contributed by atoms with E-state index >= 15 is 0 Å². The molecule has 0 bridgehead atoms. The molecule has 2 heterocycles. The van der Waals surface area contributed by atoms with Crippen LogP contribution in [0.1, 0.15) is 6.92 Å². The summed E-state index contributed by atoms with van der Waals surface area (Å²) in [5.74, 6) is -0.0236. The second-order valence-corrected chi connectivity index (χ2v) is 4.55.